The molecule has 1 spiro atoms. The van der Waals surface area contributed by atoms with Gasteiger partial charge in [-0.1, -0.05) is 23.7 Å². The average molecular weight is 555 g/mol. The Kier molecular flexibility index (Phi) is 6.44. The van der Waals surface area contributed by atoms with Crippen LogP contribution in [0.2, 0.25) is 5.02 Å². The predicted molar refractivity (Wildman–Crippen MR) is 116 cm³/mol. The van der Waals surface area contributed by atoms with E-state index in [9.17, 15) is 39.2 Å². The highest BCUT2D eigenvalue weighted by Crippen LogP contribution is 2.54. The summed E-state index contributed by atoms with van der Waals surface area (Å²) >= 11 is 5.94. The van der Waals surface area contributed by atoms with E-state index >= 15 is 0 Å². The molecule has 190 valence electrons. The van der Waals surface area contributed by atoms with E-state index in [1.54, 1.807) is 0 Å². The van der Waals surface area contributed by atoms with E-state index in [4.69, 9.17) is 11.6 Å². The molecule has 14 heteroatoms. The second-order valence-electron chi connectivity index (χ2n) is 8.52. The lowest BCUT2D eigenvalue weighted by atomic mass is 9.94. The van der Waals surface area contributed by atoms with Crippen LogP contribution in [-0.4, -0.2) is 52.4 Å². The lowest BCUT2D eigenvalue weighted by Crippen LogP contribution is -2.44. The predicted octanol–water partition coefficient (Wildman–Crippen LogP) is 3.53. The lowest BCUT2D eigenvalue weighted by molar-refractivity contribution is -0.174. The van der Waals surface area contributed by atoms with Crippen molar-refractivity contribution >= 4 is 37.4 Å². The van der Waals surface area contributed by atoms with E-state index < -0.39 is 63.9 Å². The molecule has 0 radical (unpaired) electrons. The molecule has 0 bridgehead atoms. The van der Waals surface area contributed by atoms with E-state index in [-0.39, 0.29) is 37.4 Å². The Morgan fingerprint density at radius 2 is 1.63 bits per heavy atom. The van der Waals surface area contributed by atoms with Crippen LogP contribution in [0, 0.1) is 11.2 Å². The molecule has 1 amide bonds. The molecule has 1 heterocycles. The first-order chi connectivity index (χ1) is 16.2. The zero-order chi connectivity index (χ0) is 25.8. The summed E-state index contributed by atoms with van der Waals surface area (Å²) in [4.78, 5) is 9.23. The number of sulfone groups is 1. The third-order valence-electron chi connectivity index (χ3n) is 6.41. The number of piperidine rings is 1. The number of rotatable bonds is 5. The molecule has 2 aromatic rings. The number of hydrogen-bond acceptors (Lipinski definition) is 5. The molecule has 2 aliphatic rings. The minimum Gasteiger partial charge on any atom is -0.345 e. The van der Waals surface area contributed by atoms with Crippen LogP contribution in [-0.2, 0) is 24.7 Å². The number of carbonyl (C=O) groups excluding carboxylic acids is 1. The maximum Gasteiger partial charge on any atom is 0.471 e. The number of alkyl halides is 3. The van der Waals surface area contributed by atoms with Crippen LogP contribution < -0.4 is 5.32 Å². The summed E-state index contributed by atoms with van der Waals surface area (Å²) in [6.07, 6.45) is -4.37. The summed E-state index contributed by atoms with van der Waals surface area (Å²) in [6, 6.07) is 6.97. The molecule has 7 nitrogen and oxygen atoms in total. The fourth-order valence-corrected chi connectivity index (χ4v) is 8.15. The number of hydrogen-bond donors (Lipinski definition) is 1. The summed E-state index contributed by atoms with van der Waals surface area (Å²) in [5.74, 6) is -3.10. The van der Waals surface area contributed by atoms with Gasteiger partial charge in [0.05, 0.1) is 4.90 Å². The molecular weight excluding hydrogens is 536 g/mol. The van der Waals surface area contributed by atoms with Crippen LogP contribution in [0.1, 0.15) is 19.3 Å². The van der Waals surface area contributed by atoms with Gasteiger partial charge >= 0.3 is 12.1 Å². The number of amides is 1. The van der Waals surface area contributed by atoms with Crippen molar-refractivity contribution in [2.45, 2.75) is 46.2 Å². The van der Waals surface area contributed by atoms with Gasteiger partial charge in [-0.2, -0.15) is 17.5 Å². The fourth-order valence-electron chi connectivity index (χ4n) is 4.34. The van der Waals surface area contributed by atoms with E-state index in [0.29, 0.717) is 0 Å². The summed E-state index contributed by atoms with van der Waals surface area (Å²) in [5.41, 5.74) is -0.644. The highest BCUT2D eigenvalue weighted by Gasteiger charge is 2.58. The lowest BCUT2D eigenvalue weighted by Gasteiger charge is -2.32. The molecule has 1 aliphatic heterocycles. The van der Waals surface area contributed by atoms with Gasteiger partial charge in [-0.05, 0) is 55.0 Å². The van der Waals surface area contributed by atoms with Gasteiger partial charge in [0.1, 0.15) is 15.6 Å². The van der Waals surface area contributed by atoms with Gasteiger partial charge in [-0.25, -0.2) is 21.2 Å². The molecule has 1 aliphatic carbocycles. The third-order valence-corrected chi connectivity index (χ3v) is 10.6. The number of halogens is 5. The standard InChI is InChI=1S/C21H19ClF4N2O5S2/c22-13-5-6-16(17(11-13)34(30,31)15-4-2-1-3-14(15)23)35(32,33)28-9-7-20(8-10-28)12-18(20)27-19(29)21(24,25)26/h1-6,11,18H,7-10,12H2,(H,27,29). The second kappa shape index (κ2) is 8.71. The number of benzene rings is 2. The highest BCUT2D eigenvalue weighted by atomic mass is 35.5. The number of carbonyl (C=O) groups is 1. The van der Waals surface area contributed by atoms with Gasteiger partial charge in [0, 0.05) is 24.2 Å². The Morgan fingerprint density at radius 3 is 2.23 bits per heavy atom. The largest absolute Gasteiger partial charge is 0.471 e. The van der Waals surface area contributed by atoms with Crippen molar-refractivity contribution in [3.05, 3.63) is 53.3 Å². The van der Waals surface area contributed by atoms with E-state index in [1.807, 2.05) is 5.32 Å². The maximum absolute atomic E-state index is 14.3. The molecule has 1 N–H and O–H groups in total. The monoisotopic (exact) mass is 554 g/mol. The number of sulfonamides is 1. The Labute approximate surface area is 204 Å². The van der Waals surface area contributed by atoms with E-state index in [2.05, 4.69) is 0 Å². The van der Waals surface area contributed by atoms with Crippen molar-refractivity contribution < 1.29 is 39.2 Å². The van der Waals surface area contributed by atoms with Crippen LogP contribution in [0.3, 0.4) is 0 Å². The minimum absolute atomic E-state index is 0.0716. The SMILES string of the molecule is O=C(NC1CC12CCN(S(=O)(=O)c1ccc(Cl)cc1S(=O)(=O)c1ccccc1F)CC2)C(F)(F)F. The van der Waals surface area contributed by atoms with Crippen LogP contribution in [0.4, 0.5) is 17.6 Å². The first kappa shape index (κ1) is 25.9. The average Bonchev–Trinajstić information content (AvgIpc) is 3.43. The molecule has 0 aromatic heterocycles. The molecular formula is C21H19ClF4N2O5S2. The van der Waals surface area contributed by atoms with Crippen molar-refractivity contribution in [1.29, 1.82) is 0 Å². The Balaban J connectivity index is 1.59. The van der Waals surface area contributed by atoms with Gasteiger partial charge in [0.15, 0.2) is 0 Å². The summed E-state index contributed by atoms with van der Waals surface area (Å²) < 4.78 is 106. The minimum atomic E-state index is -5.01. The van der Waals surface area contributed by atoms with Crippen LogP contribution in [0.25, 0.3) is 0 Å². The van der Waals surface area contributed by atoms with Gasteiger partial charge < -0.3 is 5.32 Å². The molecule has 1 atom stereocenters. The normalized spacial score (nSPS) is 20.5. The van der Waals surface area contributed by atoms with E-state index in [0.717, 1.165) is 28.6 Å². The smallest absolute Gasteiger partial charge is 0.345 e. The van der Waals surface area contributed by atoms with Crippen molar-refractivity contribution in [3.8, 4) is 0 Å². The molecule has 35 heavy (non-hydrogen) atoms. The Hall–Kier alpha value is -2.22. The second-order valence-corrected chi connectivity index (χ2v) is 12.7. The molecule has 4 rings (SSSR count). The quantitative estimate of drug-likeness (QED) is 0.570. The van der Waals surface area contributed by atoms with Gasteiger partial charge in [0.25, 0.3) is 0 Å². The topological polar surface area (TPSA) is 101 Å². The zero-order valence-corrected chi connectivity index (χ0v) is 20.2. The van der Waals surface area contributed by atoms with Crippen LogP contribution in [0.15, 0.2) is 57.2 Å². The molecule has 1 unspecified atom stereocenters. The molecule has 2 fully saturated rings. The van der Waals surface area contributed by atoms with Crippen molar-refractivity contribution in [3.63, 3.8) is 0 Å². The number of nitrogens with zero attached hydrogens (tertiary/aromatic N) is 1. The van der Waals surface area contributed by atoms with Crippen molar-refractivity contribution in [2.75, 3.05) is 13.1 Å². The number of nitrogens with one attached hydrogen (secondary N) is 1. The molecule has 1 saturated heterocycles. The van der Waals surface area contributed by atoms with Gasteiger partial charge in [-0.15, -0.1) is 0 Å². The Morgan fingerprint density at radius 1 is 1.00 bits per heavy atom. The van der Waals surface area contributed by atoms with Crippen LogP contribution in [0.5, 0.6) is 0 Å². The van der Waals surface area contributed by atoms with Crippen LogP contribution >= 0.6 is 11.6 Å². The van der Waals surface area contributed by atoms with E-state index in [1.165, 1.54) is 18.2 Å². The highest BCUT2D eigenvalue weighted by molar-refractivity contribution is 7.93. The first-order valence-electron chi connectivity index (χ1n) is 10.4. The maximum atomic E-state index is 14.3. The Bertz CT molecular complexity index is 1390. The molecule has 1 saturated carbocycles. The summed E-state index contributed by atoms with van der Waals surface area (Å²) in [6.45, 7) is -0.189. The van der Waals surface area contributed by atoms with Gasteiger partial charge in [-0.3, -0.25) is 4.79 Å². The molecule has 2 aromatic carbocycles. The summed E-state index contributed by atoms with van der Waals surface area (Å²) in [5, 5.41) is 1.87. The third kappa shape index (κ3) is 4.78. The fraction of sp³-hybridized carbons (Fsp3) is 0.381. The van der Waals surface area contributed by atoms with Gasteiger partial charge in [0.2, 0.25) is 19.9 Å². The first-order valence-corrected chi connectivity index (χ1v) is 13.7. The van der Waals surface area contributed by atoms with Crippen molar-refractivity contribution in [2.24, 2.45) is 5.41 Å². The van der Waals surface area contributed by atoms with Crippen molar-refractivity contribution in [1.82, 2.24) is 9.62 Å². The zero-order valence-electron chi connectivity index (χ0n) is 17.8. The summed E-state index contributed by atoms with van der Waals surface area (Å²) in [7, 11) is -9.00.